The summed E-state index contributed by atoms with van der Waals surface area (Å²) in [5.74, 6) is -0.595. The summed E-state index contributed by atoms with van der Waals surface area (Å²) in [6.45, 7) is 0. The molecule has 0 bridgehead atoms. The summed E-state index contributed by atoms with van der Waals surface area (Å²) in [5.41, 5.74) is -1.60. The molecule has 0 saturated heterocycles. The van der Waals surface area contributed by atoms with E-state index in [1.807, 2.05) is 4.72 Å². The van der Waals surface area contributed by atoms with E-state index in [9.17, 15) is 26.7 Å². The van der Waals surface area contributed by atoms with Crippen LogP contribution in [0, 0.1) is 0 Å². The zero-order valence-electron chi connectivity index (χ0n) is 9.98. The normalized spacial score (nSPS) is 12.4. The number of sulfonamides is 1. The highest BCUT2D eigenvalue weighted by atomic mass is 79.9. The molecule has 1 aromatic heterocycles. The number of phenols is 1. The van der Waals surface area contributed by atoms with Crippen molar-refractivity contribution in [2.45, 2.75) is 10.4 Å². The molecule has 2 rings (SSSR count). The zero-order valence-corrected chi connectivity index (χ0v) is 13.2. The van der Waals surface area contributed by atoms with Gasteiger partial charge in [-0.15, -0.1) is 11.3 Å². The van der Waals surface area contributed by atoms with Gasteiger partial charge in [-0.25, -0.2) is 8.42 Å². The first-order valence-electron chi connectivity index (χ1n) is 5.28. The Morgan fingerprint density at radius 1 is 1.19 bits per heavy atom. The van der Waals surface area contributed by atoms with Crippen LogP contribution < -0.4 is 4.72 Å². The molecule has 0 aliphatic heterocycles. The number of halogens is 4. The van der Waals surface area contributed by atoms with E-state index in [2.05, 4.69) is 15.9 Å². The van der Waals surface area contributed by atoms with Crippen molar-refractivity contribution in [1.29, 1.82) is 0 Å². The standard InChI is InChI=1S/C11H7BrF3NO3S2/c12-9-3-4-10(20-9)21(18,19)16-7-5-6(11(13,14)15)1-2-8(7)17/h1-5,16-17H. The van der Waals surface area contributed by atoms with Crippen molar-refractivity contribution in [3.05, 3.63) is 39.7 Å². The van der Waals surface area contributed by atoms with E-state index in [-0.39, 0.29) is 4.21 Å². The summed E-state index contributed by atoms with van der Waals surface area (Å²) in [6.07, 6.45) is -4.64. The lowest BCUT2D eigenvalue weighted by Crippen LogP contribution is -2.13. The van der Waals surface area contributed by atoms with Crippen LogP contribution in [0.5, 0.6) is 5.75 Å². The van der Waals surface area contributed by atoms with E-state index < -0.39 is 33.2 Å². The van der Waals surface area contributed by atoms with E-state index in [4.69, 9.17) is 0 Å². The molecule has 0 atom stereocenters. The highest BCUT2D eigenvalue weighted by Crippen LogP contribution is 2.36. The molecule has 114 valence electrons. The monoisotopic (exact) mass is 401 g/mol. The van der Waals surface area contributed by atoms with Gasteiger partial charge in [0.2, 0.25) is 0 Å². The van der Waals surface area contributed by atoms with Crippen LogP contribution in [0.3, 0.4) is 0 Å². The Labute approximate surface area is 130 Å². The number of benzene rings is 1. The molecule has 2 N–H and O–H groups in total. The van der Waals surface area contributed by atoms with E-state index in [1.54, 1.807) is 0 Å². The Balaban J connectivity index is 2.39. The number of thiophene rings is 1. The fraction of sp³-hybridized carbons (Fsp3) is 0.0909. The van der Waals surface area contributed by atoms with Gasteiger partial charge in [0.1, 0.15) is 9.96 Å². The summed E-state index contributed by atoms with van der Waals surface area (Å²) in [6, 6.07) is 4.77. The average Bonchev–Trinajstić information content (AvgIpc) is 2.78. The Kier molecular flexibility index (Phi) is 4.22. The van der Waals surface area contributed by atoms with Gasteiger partial charge in [-0.2, -0.15) is 13.2 Å². The summed E-state index contributed by atoms with van der Waals surface area (Å²) in [5, 5.41) is 9.52. The Bertz CT molecular complexity index is 771. The molecule has 10 heteroatoms. The number of phenolic OH excluding ortho intramolecular Hbond substituents is 1. The lowest BCUT2D eigenvalue weighted by molar-refractivity contribution is -0.137. The van der Waals surface area contributed by atoms with Crippen molar-refractivity contribution in [2.24, 2.45) is 0 Å². The second-order valence-electron chi connectivity index (χ2n) is 3.89. The molecule has 21 heavy (non-hydrogen) atoms. The fourth-order valence-corrected chi connectivity index (χ4v) is 4.51. The molecule has 0 spiro atoms. The van der Waals surface area contributed by atoms with Crippen LogP contribution in [0.2, 0.25) is 0 Å². The van der Waals surface area contributed by atoms with Gasteiger partial charge in [0.05, 0.1) is 15.0 Å². The van der Waals surface area contributed by atoms with Crippen molar-refractivity contribution < 1.29 is 26.7 Å². The van der Waals surface area contributed by atoms with Crippen LogP contribution >= 0.6 is 27.3 Å². The van der Waals surface area contributed by atoms with Gasteiger partial charge < -0.3 is 5.11 Å². The van der Waals surface area contributed by atoms with Crippen molar-refractivity contribution in [1.82, 2.24) is 0 Å². The molecule has 1 heterocycles. The molecule has 0 aliphatic carbocycles. The Morgan fingerprint density at radius 2 is 1.86 bits per heavy atom. The Hall–Kier alpha value is -1.26. The molecule has 0 aliphatic rings. The predicted molar refractivity (Wildman–Crippen MR) is 75.9 cm³/mol. The van der Waals surface area contributed by atoms with Gasteiger partial charge in [0.25, 0.3) is 10.0 Å². The second kappa shape index (κ2) is 5.50. The largest absolute Gasteiger partial charge is 0.506 e. The first-order chi connectivity index (χ1) is 9.59. The maximum absolute atomic E-state index is 12.6. The molecule has 0 saturated carbocycles. The third-order valence-corrected chi connectivity index (χ3v) is 5.86. The SMILES string of the molecule is O=S(=O)(Nc1cc(C(F)(F)F)ccc1O)c1ccc(Br)s1. The van der Waals surface area contributed by atoms with Crippen molar-refractivity contribution in [3.63, 3.8) is 0 Å². The first-order valence-corrected chi connectivity index (χ1v) is 8.37. The lowest BCUT2D eigenvalue weighted by atomic mass is 10.2. The van der Waals surface area contributed by atoms with Gasteiger partial charge in [0, 0.05) is 0 Å². The van der Waals surface area contributed by atoms with Gasteiger partial charge in [-0.05, 0) is 46.3 Å². The average molecular weight is 402 g/mol. The van der Waals surface area contributed by atoms with E-state index in [0.717, 1.165) is 17.4 Å². The van der Waals surface area contributed by atoms with Crippen molar-refractivity contribution in [2.75, 3.05) is 4.72 Å². The molecule has 4 nitrogen and oxygen atoms in total. The summed E-state index contributed by atoms with van der Waals surface area (Å²) in [4.78, 5) is 0. The van der Waals surface area contributed by atoms with Crippen LogP contribution in [0.4, 0.5) is 18.9 Å². The van der Waals surface area contributed by atoms with E-state index in [0.29, 0.717) is 15.9 Å². The number of alkyl halides is 3. The van der Waals surface area contributed by atoms with Gasteiger partial charge in [-0.3, -0.25) is 4.72 Å². The quantitative estimate of drug-likeness (QED) is 0.762. The predicted octanol–water partition coefficient (Wildman–Crippen LogP) is 4.04. The van der Waals surface area contributed by atoms with Crippen LogP contribution in [0.1, 0.15) is 5.56 Å². The van der Waals surface area contributed by atoms with Crippen LogP contribution in [0.25, 0.3) is 0 Å². The highest BCUT2D eigenvalue weighted by molar-refractivity contribution is 9.11. The number of hydrogen-bond acceptors (Lipinski definition) is 4. The van der Waals surface area contributed by atoms with Gasteiger partial charge in [-0.1, -0.05) is 0 Å². The molecule has 0 unspecified atom stereocenters. The molecule has 2 aromatic rings. The van der Waals surface area contributed by atoms with Crippen LogP contribution in [-0.4, -0.2) is 13.5 Å². The number of hydrogen-bond donors (Lipinski definition) is 2. The molecular formula is C11H7BrF3NO3S2. The summed E-state index contributed by atoms with van der Waals surface area (Å²) < 4.78 is 64.2. The van der Waals surface area contributed by atoms with Gasteiger partial charge >= 0.3 is 6.18 Å². The van der Waals surface area contributed by atoms with E-state index in [1.165, 1.54) is 12.1 Å². The van der Waals surface area contributed by atoms with Gasteiger partial charge in [0.15, 0.2) is 0 Å². The molecule has 0 fully saturated rings. The maximum Gasteiger partial charge on any atom is 0.416 e. The minimum atomic E-state index is -4.64. The number of nitrogens with one attached hydrogen (secondary N) is 1. The number of rotatable bonds is 3. The molecular weight excluding hydrogens is 395 g/mol. The number of anilines is 1. The smallest absolute Gasteiger partial charge is 0.416 e. The highest BCUT2D eigenvalue weighted by Gasteiger charge is 2.31. The topological polar surface area (TPSA) is 66.4 Å². The maximum atomic E-state index is 12.6. The Morgan fingerprint density at radius 3 is 2.38 bits per heavy atom. The lowest BCUT2D eigenvalue weighted by Gasteiger charge is -2.12. The van der Waals surface area contributed by atoms with E-state index >= 15 is 0 Å². The molecule has 1 aromatic carbocycles. The van der Waals surface area contributed by atoms with Crippen molar-refractivity contribution in [3.8, 4) is 5.75 Å². The first kappa shape index (κ1) is 16.1. The fourth-order valence-electron chi connectivity index (χ4n) is 1.43. The summed E-state index contributed by atoms with van der Waals surface area (Å²) >= 11 is 3.98. The molecule has 0 amide bonds. The summed E-state index contributed by atoms with van der Waals surface area (Å²) in [7, 11) is -4.07. The van der Waals surface area contributed by atoms with Crippen molar-refractivity contribution >= 4 is 43.0 Å². The van der Waals surface area contributed by atoms with Crippen LogP contribution in [-0.2, 0) is 16.2 Å². The minimum absolute atomic E-state index is 0.0915. The third-order valence-electron chi connectivity index (χ3n) is 2.38. The molecule has 0 radical (unpaired) electrons. The second-order valence-corrected chi connectivity index (χ2v) is 8.27. The number of aromatic hydroxyl groups is 1. The van der Waals surface area contributed by atoms with Crippen LogP contribution in [0.15, 0.2) is 38.3 Å². The minimum Gasteiger partial charge on any atom is -0.506 e. The zero-order chi connectivity index (χ0) is 15.8. The third kappa shape index (κ3) is 3.69.